The molecule has 3 N–H and O–H groups in total. The standard InChI is InChI=1S/C20H14F6O7S/c21-19(22,23)18(29,20(24,25)26)5-6-33-17(28)10-1-3-14-11(7-10)8-12-9-13(27)2-4-15(12)16(14)34(30,31)32/h1-4,7-9,27,29H,5-6H2,(H,30,31,32). The van der Waals surface area contributed by atoms with Crippen LogP contribution in [0.2, 0.25) is 0 Å². The first kappa shape index (κ1) is 25.5. The number of carbonyl (C=O) groups is 1. The molecule has 0 aliphatic heterocycles. The lowest BCUT2D eigenvalue weighted by Gasteiger charge is -2.31. The van der Waals surface area contributed by atoms with Crippen molar-refractivity contribution in [2.24, 2.45) is 0 Å². The second-order valence-corrected chi connectivity index (χ2v) is 8.62. The van der Waals surface area contributed by atoms with Gasteiger partial charge in [0.05, 0.1) is 12.2 Å². The molecule has 0 aliphatic carbocycles. The number of alkyl halides is 6. The minimum Gasteiger partial charge on any atom is -0.508 e. The van der Waals surface area contributed by atoms with E-state index in [1.54, 1.807) is 0 Å². The topological polar surface area (TPSA) is 121 Å². The third-order valence-corrected chi connectivity index (χ3v) is 5.97. The molecule has 3 aromatic rings. The molecule has 0 aliphatic rings. The van der Waals surface area contributed by atoms with Crippen LogP contribution in [0.3, 0.4) is 0 Å². The number of carbonyl (C=O) groups excluding carboxylic acids is 1. The van der Waals surface area contributed by atoms with Gasteiger partial charge in [-0.1, -0.05) is 6.07 Å². The maximum absolute atomic E-state index is 12.7. The van der Waals surface area contributed by atoms with Crippen molar-refractivity contribution in [2.45, 2.75) is 29.3 Å². The summed E-state index contributed by atoms with van der Waals surface area (Å²) in [6, 6.07) is 8.03. The molecule has 0 heterocycles. The molecule has 184 valence electrons. The molecule has 34 heavy (non-hydrogen) atoms. The van der Waals surface area contributed by atoms with Crippen molar-refractivity contribution < 1.29 is 59.1 Å². The molecule has 14 heteroatoms. The van der Waals surface area contributed by atoms with Crippen molar-refractivity contribution in [3.63, 3.8) is 0 Å². The molecule has 0 fully saturated rings. The summed E-state index contributed by atoms with van der Waals surface area (Å²) in [7, 11) is -4.80. The van der Waals surface area contributed by atoms with Gasteiger partial charge in [-0.3, -0.25) is 4.55 Å². The number of hydrogen-bond donors (Lipinski definition) is 3. The van der Waals surface area contributed by atoms with E-state index in [0.717, 1.165) is 18.2 Å². The maximum atomic E-state index is 12.7. The summed E-state index contributed by atoms with van der Waals surface area (Å²) in [5.41, 5.74) is -5.45. The van der Waals surface area contributed by atoms with E-state index in [2.05, 4.69) is 4.74 Å². The van der Waals surface area contributed by atoms with E-state index in [4.69, 9.17) is 5.11 Å². The highest BCUT2D eigenvalue weighted by molar-refractivity contribution is 7.86. The Morgan fingerprint density at radius 3 is 1.94 bits per heavy atom. The van der Waals surface area contributed by atoms with Gasteiger partial charge < -0.3 is 14.9 Å². The number of ether oxygens (including phenoxy) is 1. The lowest BCUT2D eigenvalue weighted by atomic mass is 9.99. The fourth-order valence-corrected chi connectivity index (χ4v) is 4.23. The lowest BCUT2D eigenvalue weighted by molar-refractivity contribution is -0.371. The zero-order chi connectivity index (χ0) is 25.7. The number of aliphatic hydroxyl groups is 1. The highest BCUT2D eigenvalue weighted by Gasteiger charge is 2.70. The van der Waals surface area contributed by atoms with Crippen LogP contribution in [0.4, 0.5) is 26.3 Å². The first-order chi connectivity index (χ1) is 15.5. The molecule has 0 unspecified atom stereocenters. The molecule has 0 bridgehead atoms. The van der Waals surface area contributed by atoms with Gasteiger partial charge in [-0.15, -0.1) is 0 Å². The number of halogens is 6. The van der Waals surface area contributed by atoms with Crippen LogP contribution in [0.15, 0.2) is 47.4 Å². The van der Waals surface area contributed by atoms with Crippen LogP contribution in [0, 0.1) is 0 Å². The lowest BCUT2D eigenvalue weighted by Crippen LogP contribution is -2.57. The van der Waals surface area contributed by atoms with Gasteiger partial charge >= 0.3 is 18.3 Å². The van der Waals surface area contributed by atoms with Crippen LogP contribution < -0.4 is 0 Å². The van der Waals surface area contributed by atoms with Gasteiger partial charge in [0.25, 0.3) is 15.7 Å². The predicted molar refractivity (Wildman–Crippen MR) is 105 cm³/mol. The Hall–Kier alpha value is -3.10. The molecular weight excluding hydrogens is 498 g/mol. The normalized spacial score (nSPS) is 13.4. The SMILES string of the molecule is O=C(OCCC(O)(C(F)(F)F)C(F)(F)F)c1ccc2c(S(=O)(=O)O)c3ccc(O)cc3cc2c1. The van der Waals surface area contributed by atoms with Crippen LogP contribution in [-0.2, 0) is 14.9 Å². The van der Waals surface area contributed by atoms with E-state index in [1.807, 2.05) is 0 Å². The quantitative estimate of drug-likeness (QED) is 0.201. The van der Waals surface area contributed by atoms with Gasteiger partial charge in [0.15, 0.2) is 0 Å². The second kappa shape index (κ2) is 8.29. The molecule has 0 amide bonds. The average molecular weight is 512 g/mol. The minimum atomic E-state index is -6.07. The summed E-state index contributed by atoms with van der Waals surface area (Å²) in [5, 5.41) is 18.9. The van der Waals surface area contributed by atoms with E-state index >= 15 is 0 Å². The van der Waals surface area contributed by atoms with Crippen molar-refractivity contribution in [1.82, 2.24) is 0 Å². The number of rotatable bonds is 5. The highest BCUT2D eigenvalue weighted by atomic mass is 32.2. The summed E-state index contributed by atoms with van der Waals surface area (Å²) in [6.45, 7) is -1.44. The average Bonchev–Trinajstić information content (AvgIpc) is 2.68. The summed E-state index contributed by atoms with van der Waals surface area (Å²) >= 11 is 0. The van der Waals surface area contributed by atoms with Gasteiger partial charge in [0.2, 0.25) is 0 Å². The van der Waals surface area contributed by atoms with E-state index in [0.29, 0.717) is 0 Å². The summed E-state index contributed by atoms with van der Waals surface area (Å²) in [5.74, 6) is -1.59. The summed E-state index contributed by atoms with van der Waals surface area (Å²) < 4.78 is 114. The fourth-order valence-electron chi connectivity index (χ4n) is 3.30. The van der Waals surface area contributed by atoms with Crippen molar-refractivity contribution >= 4 is 37.6 Å². The van der Waals surface area contributed by atoms with Crippen LogP contribution in [-0.4, -0.2) is 53.7 Å². The van der Waals surface area contributed by atoms with Crippen molar-refractivity contribution in [3.05, 3.63) is 48.0 Å². The largest absolute Gasteiger partial charge is 0.508 e. The molecule has 0 atom stereocenters. The Balaban J connectivity index is 1.95. The first-order valence-electron chi connectivity index (χ1n) is 9.16. The van der Waals surface area contributed by atoms with Gasteiger partial charge in [-0.2, -0.15) is 34.8 Å². The van der Waals surface area contributed by atoms with Crippen molar-refractivity contribution in [1.29, 1.82) is 0 Å². The number of aromatic hydroxyl groups is 1. The highest BCUT2D eigenvalue weighted by Crippen LogP contribution is 2.45. The summed E-state index contributed by atoms with van der Waals surface area (Å²) in [4.78, 5) is 11.7. The van der Waals surface area contributed by atoms with Gasteiger partial charge in [0.1, 0.15) is 10.6 Å². The molecule has 0 saturated carbocycles. The minimum absolute atomic E-state index is 0.0299. The Labute approximate surface area is 186 Å². The third kappa shape index (κ3) is 4.60. The van der Waals surface area contributed by atoms with E-state index in [1.165, 1.54) is 24.3 Å². The van der Waals surface area contributed by atoms with Crippen LogP contribution in [0.5, 0.6) is 5.75 Å². The van der Waals surface area contributed by atoms with Gasteiger partial charge in [-0.05, 0) is 47.2 Å². The molecule has 7 nitrogen and oxygen atoms in total. The number of phenolic OH excluding ortho intramolecular Hbond substituents is 1. The number of esters is 1. The van der Waals surface area contributed by atoms with E-state index in [-0.39, 0.29) is 32.9 Å². The Morgan fingerprint density at radius 1 is 0.882 bits per heavy atom. The summed E-state index contributed by atoms with van der Waals surface area (Å²) in [6.07, 6.45) is -14.1. The van der Waals surface area contributed by atoms with Crippen LogP contribution in [0.1, 0.15) is 16.8 Å². The molecule has 0 saturated heterocycles. The zero-order valence-corrected chi connectivity index (χ0v) is 17.4. The number of benzene rings is 3. The Morgan fingerprint density at radius 2 is 1.41 bits per heavy atom. The van der Waals surface area contributed by atoms with Gasteiger partial charge in [-0.25, -0.2) is 4.79 Å². The molecule has 0 spiro atoms. The molecule has 0 aromatic heterocycles. The van der Waals surface area contributed by atoms with E-state index in [9.17, 15) is 49.2 Å². The number of hydrogen-bond acceptors (Lipinski definition) is 6. The number of phenols is 1. The second-order valence-electron chi connectivity index (χ2n) is 7.26. The monoisotopic (exact) mass is 512 g/mol. The predicted octanol–water partition coefficient (Wildman–Crippen LogP) is 4.35. The Kier molecular flexibility index (Phi) is 6.22. The van der Waals surface area contributed by atoms with Crippen LogP contribution >= 0.6 is 0 Å². The third-order valence-electron chi connectivity index (χ3n) is 5.02. The van der Waals surface area contributed by atoms with Crippen LogP contribution in [0.25, 0.3) is 21.5 Å². The molecular formula is C20H14F6O7S. The smallest absolute Gasteiger partial charge is 0.426 e. The first-order valence-corrected chi connectivity index (χ1v) is 10.6. The number of fused-ring (bicyclic) bond motifs is 2. The Bertz CT molecular complexity index is 1370. The van der Waals surface area contributed by atoms with E-state index < -0.39 is 52.0 Å². The molecule has 0 radical (unpaired) electrons. The zero-order valence-electron chi connectivity index (χ0n) is 16.6. The molecule has 3 rings (SSSR count). The molecule has 3 aromatic carbocycles. The van der Waals surface area contributed by atoms with Gasteiger partial charge in [0, 0.05) is 17.2 Å². The fraction of sp³-hybridized carbons (Fsp3) is 0.250. The van der Waals surface area contributed by atoms with Crippen molar-refractivity contribution in [2.75, 3.05) is 6.61 Å². The van der Waals surface area contributed by atoms with Crippen molar-refractivity contribution in [3.8, 4) is 5.75 Å². The maximum Gasteiger partial charge on any atom is 0.426 e.